The maximum absolute atomic E-state index is 11.4. The van der Waals surface area contributed by atoms with E-state index < -0.39 is 5.91 Å². The Balaban J connectivity index is 2.50. The number of hydrogen-bond acceptors (Lipinski definition) is 3. The van der Waals surface area contributed by atoms with E-state index in [1.54, 1.807) is 0 Å². The molecule has 0 saturated carbocycles. The molecule has 15 heavy (non-hydrogen) atoms. The molecule has 0 aromatic heterocycles. The number of halogens is 2. The van der Waals surface area contributed by atoms with Gasteiger partial charge >= 0.3 is 0 Å². The zero-order chi connectivity index (χ0) is 11.3. The molecular weight excluding hydrogens is 239 g/mol. The topological polar surface area (TPSA) is 62.2 Å². The van der Waals surface area contributed by atoms with Crippen LogP contribution in [0.15, 0.2) is 10.1 Å². The first-order valence-corrected chi connectivity index (χ1v) is 5.39. The number of nitrogens with one attached hydrogen (secondary N) is 2. The summed E-state index contributed by atoms with van der Waals surface area (Å²) in [5.74, 6) is -0.503. The third kappa shape index (κ3) is 3.81. The van der Waals surface area contributed by atoms with Crippen LogP contribution in [0.2, 0.25) is 0 Å². The van der Waals surface area contributed by atoms with Gasteiger partial charge in [0.15, 0.2) is 0 Å². The van der Waals surface area contributed by atoms with Gasteiger partial charge in [0.05, 0.1) is 5.03 Å². The summed E-state index contributed by atoms with van der Waals surface area (Å²) in [4.78, 5) is 11.4. The predicted molar refractivity (Wildman–Crippen MR) is 59.2 cm³/mol. The van der Waals surface area contributed by atoms with Crippen molar-refractivity contribution in [3.05, 3.63) is 10.1 Å². The highest BCUT2D eigenvalue weighted by molar-refractivity contribution is 6.52. The van der Waals surface area contributed by atoms with Crippen LogP contribution in [0.5, 0.6) is 0 Å². The monoisotopic (exact) mass is 250 g/mol. The molecule has 1 atom stereocenters. The number of carbonyl (C=O) groups is 1. The molecule has 1 unspecified atom stereocenters. The molecule has 0 radical (unpaired) electrons. The van der Waals surface area contributed by atoms with Gasteiger partial charge in [0.2, 0.25) is 0 Å². The summed E-state index contributed by atoms with van der Waals surface area (Å²) in [5.41, 5.74) is 0. The van der Waals surface area contributed by atoms with Gasteiger partial charge in [-0.05, 0) is 19.3 Å². The van der Waals surface area contributed by atoms with Crippen LogP contribution in [0.1, 0.15) is 19.3 Å². The first kappa shape index (κ1) is 12.5. The highest BCUT2D eigenvalue weighted by Crippen LogP contribution is 2.14. The lowest BCUT2D eigenvalue weighted by Crippen LogP contribution is -2.39. The summed E-state index contributed by atoms with van der Waals surface area (Å²) in [6.45, 7) is 0.643. The smallest absolute Gasteiger partial charge is 0.266 e. The normalized spacial score (nSPS) is 22.9. The number of hydrogen-bond donors (Lipinski definition) is 2. The van der Waals surface area contributed by atoms with E-state index in [2.05, 4.69) is 5.32 Å². The van der Waals surface area contributed by atoms with Gasteiger partial charge in [0, 0.05) is 12.8 Å². The predicted octanol–water partition coefficient (Wildman–Crippen LogP) is 1.97. The fourth-order valence-corrected chi connectivity index (χ4v) is 1.43. The van der Waals surface area contributed by atoms with Crippen LogP contribution in [-0.2, 0) is 9.53 Å². The molecule has 1 rings (SSSR count). The van der Waals surface area contributed by atoms with Crippen LogP contribution in [0, 0.1) is 5.41 Å². The van der Waals surface area contributed by atoms with Gasteiger partial charge in [-0.2, -0.15) is 0 Å². The van der Waals surface area contributed by atoms with Gasteiger partial charge in [0.1, 0.15) is 11.3 Å². The van der Waals surface area contributed by atoms with Crippen molar-refractivity contribution in [2.75, 3.05) is 6.61 Å². The zero-order valence-electron chi connectivity index (χ0n) is 8.06. The summed E-state index contributed by atoms with van der Waals surface area (Å²) < 4.78 is 5.30. The molecule has 4 nitrogen and oxygen atoms in total. The molecule has 1 amide bonds. The van der Waals surface area contributed by atoms with E-state index in [1.807, 2.05) is 0 Å². The Morgan fingerprint density at radius 3 is 2.73 bits per heavy atom. The Bertz CT molecular complexity index is 286. The molecule has 6 heteroatoms. The lowest BCUT2D eigenvalue weighted by molar-refractivity contribution is -0.122. The molecule has 0 aromatic carbocycles. The van der Waals surface area contributed by atoms with E-state index >= 15 is 0 Å². The summed E-state index contributed by atoms with van der Waals surface area (Å²) in [6, 6.07) is 0. The largest absolute Gasteiger partial charge is 0.359 e. The lowest BCUT2D eigenvalue weighted by atomic mass is 10.2. The summed E-state index contributed by atoms with van der Waals surface area (Å²) in [7, 11) is 0. The van der Waals surface area contributed by atoms with Gasteiger partial charge in [-0.3, -0.25) is 4.79 Å². The molecule has 84 valence electrons. The number of rotatable bonds is 3. The lowest BCUT2D eigenvalue weighted by Gasteiger charge is -2.23. The number of carbonyl (C=O) groups excluding carboxylic acids is 1. The molecule has 2 N–H and O–H groups in total. The van der Waals surface area contributed by atoms with Crippen molar-refractivity contribution in [1.82, 2.24) is 5.32 Å². The molecule has 1 aliphatic heterocycles. The Morgan fingerprint density at radius 1 is 1.47 bits per heavy atom. The number of ether oxygens (including phenoxy) is 1. The summed E-state index contributed by atoms with van der Waals surface area (Å²) in [6.07, 6.45) is 3.33. The van der Waals surface area contributed by atoms with Gasteiger partial charge < -0.3 is 15.5 Å². The average Bonchev–Trinajstić information content (AvgIpc) is 2.28. The molecule has 0 aliphatic carbocycles. The third-order valence-corrected chi connectivity index (χ3v) is 2.78. The van der Waals surface area contributed by atoms with E-state index in [9.17, 15) is 4.79 Å². The van der Waals surface area contributed by atoms with Crippen molar-refractivity contribution in [2.24, 2.45) is 0 Å². The second kappa shape index (κ2) is 6.10. The average molecular weight is 251 g/mol. The minimum atomic E-state index is -0.503. The van der Waals surface area contributed by atoms with Crippen molar-refractivity contribution < 1.29 is 9.53 Å². The highest BCUT2D eigenvalue weighted by atomic mass is 35.5. The SMILES string of the molecule is N=CC(Cl)=C(Cl)C(=O)NC1CCCCO1. The molecule has 1 aliphatic rings. The van der Waals surface area contributed by atoms with Gasteiger partial charge in [0.25, 0.3) is 5.91 Å². The number of allylic oxidation sites excluding steroid dienone is 1. The molecule has 1 saturated heterocycles. The highest BCUT2D eigenvalue weighted by Gasteiger charge is 2.18. The Hall–Kier alpha value is -0.580. The van der Waals surface area contributed by atoms with Crippen molar-refractivity contribution in [1.29, 1.82) is 5.41 Å². The van der Waals surface area contributed by atoms with Crippen LogP contribution >= 0.6 is 23.2 Å². The minimum Gasteiger partial charge on any atom is -0.359 e. The first-order valence-electron chi connectivity index (χ1n) is 4.63. The van der Waals surface area contributed by atoms with Gasteiger partial charge in [-0.15, -0.1) is 0 Å². The Morgan fingerprint density at radius 2 is 2.20 bits per heavy atom. The van der Waals surface area contributed by atoms with Crippen molar-refractivity contribution in [2.45, 2.75) is 25.5 Å². The van der Waals surface area contributed by atoms with E-state index in [-0.39, 0.29) is 16.3 Å². The molecule has 1 heterocycles. The second-order valence-corrected chi connectivity index (χ2v) is 3.92. The van der Waals surface area contributed by atoms with Crippen molar-refractivity contribution in [3.63, 3.8) is 0 Å². The van der Waals surface area contributed by atoms with Crippen LogP contribution in [0.25, 0.3) is 0 Å². The standard InChI is InChI=1S/C9H12Cl2N2O2/c10-6(5-12)8(11)9(14)13-7-3-1-2-4-15-7/h5,7,12H,1-4H2,(H,13,14). The van der Waals surface area contributed by atoms with E-state index in [1.165, 1.54) is 0 Å². The molecule has 0 bridgehead atoms. The van der Waals surface area contributed by atoms with E-state index in [4.69, 9.17) is 33.3 Å². The quantitative estimate of drug-likeness (QED) is 0.595. The fraction of sp³-hybridized carbons (Fsp3) is 0.556. The number of amides is 1. The van der Waals surface area contributed by atoms with E-state index in [0.717, 1.165) is 25.5 Å². The third-order valence-electron chi connectivity index (χ3n) is 2.01. The zero-order valence-corrected chi connectivity index (χ0v) is 9.57. The van der Waals surface area contributed by atoms with Crippen LogP contribution in [0.4, 0.5) is 0 Å². The van der Waals surface area contributed by atoms with Gasteiger partial charge in [-0.1, -0.05) is 23.2 Å². The second-order valence-electron chi connectivity index (χ2n) is 3.13. The molecular formula is C9H12Cl2N2O2. The molecule has 0 spiro atoms. The van der Waals surface area contributed by atoms with Crippen molar-refractivity contribution >= 4 is 35.3 Å². The van der Waals surface area contributed by atoms with Crippen molar-refractivity contribution in [3.8, 4) is 0 Å². The first-order chi connectivity index (χ1) is 7.15. The molecule has 0 aromatic rings. The Kier molecular flexibility index (Phi) is 5.08. The molecule has 1 fully saturated rings. The minimum absolute atomic E-state index is 0.0787. The van der Waals surface area contributed by atoms with E-state index in [0.29, 0.717) is 6.61 Å². The maximum atomic E-state index is 11.4. The summed E-state index contributed by atoms with van der Waals surface area (Å²) >= 11 is 11.2. The fourth-order valence-electron chi connectivity index (χ4n) is 1.24. The van der Waals surface area contributed by atoms with Crippen LogP contribution in [0.3, 0.4) is 0 Å². The Labute approximate surface area is 98.1 Å². The van der Waals surface area contributed by atoms with Crippen LogP contribution < -0.4 is 5.32 Å². The van der Waals surface area contributed by atoms with Crippen LogP contribution in [-0.4, -0.2) is 25.0 Å². The van der Waals surface area contributed by atoms with Gasteiger partial charge in [-0.25, -0.2) is 0 Å². The summed E-state index contributed by atoms with van der Waals surface area (Å²) in [5, 5.41) is 9.18. The maximum Gasteiger partial charge on any atom is 0.266 e.